The van der Waals surface area contributed by atoms with E-state index in [2.05, 4.69) is 103 Å². The molecule has 16 heteroatoms. The Hall–Kier alpha value is -1.93. The Morgan fingerprint density at radius 2 is 0.792 bits per heavy atom. The summed E-state index contributed by atoms with van der Waals surface area (Å²) < 4.78 is 15.2. The first kappa shape index (κ1) is 96.1. The Bertz CT molecular complexity index is 1590. The quantitative estimate of drug-likeness (QED) is 0.0203. The molecule has 7 saturated carbocycles. The first-order valence-corrected chi connectivity index (χ1v) is 39.2. The minimum Gasteiger partial charge on any atom is -0.500 e. The van der Waals surface area contributed by atoms with E-state index in [1.165, 1.54) is 284 Å². The number of hydrogen-bond donors (Lipinski definition) is 8. The van der Waals surface area contributed by atoms with Crippen LogP contribution in [0.4, 0.5) is 0 Å². The van der Waals surface area contributed by atoms with Gasteiger partial charge in [-0.2, -0.15) is 0 Å². The van der Waals surface area contributed by atoms with Gasteiger partial charge in [-0.25, -0.2) is 0 Å². The second-order valence-electron chi connectivity index (χ2n) is 28.8. The van der Waals surface area contributed by atoms with Gasteiger partial charge in [-0.3, -0.25) is 14.6 Å². The molecule has 0 aromatic carbocycles. The first-order chi connectivity index (χ1) is 45.0. The predicted octanol–water partition coefficient (Wildman–Crippen LogP) is 14.7. The molecule has 0 aromatic heterocycles. The first-order valence-electron chi connectivity index (χ1n) is 39.2. The molecular weight excluding hydrogens is 1190 g/mol. The topological polar surface area (TPSA) is 154 Å². The van der Waals surface area contributed by atoms with Crippen LogP contribution in [0.25, 0.3) is 0 Å². The van der Waals surface area contributed by atoms with Crippen molar-refractivity contribution in [3.8, 4) is 0 Å². The summed E-state index contributed by atoms with van der Waals surface area (Å²) in [7, 11) is 10.1. The maximum atomic E-state index is 11.0. The molecule has 96 heavy (non-hydrogen) atoms. The highest BCUT2D eigenvalue weighted by Gasteiger charge is 2.19. The number of nitrogens with zero attached hydrogens (tertiary/aromatic N) is 4. The van der Waals surface area contributed by atoms with Gasteiger partial charge in [-0.1, -0.05) is 185 Å². The molecule has 0 unspecified atom stereocenters. The summed E-state index contributed by atoms with van der Waals surface area (Å²) in [5.74, 6) is 0.767. The maximum Gasteiger partial charge on any atom is 0.305 e. The van der Waals surface area contributed by atoms with Crippen LogP contribution < -0.4 is 42.5 Å². The highest BCUT2D eigenvalue weighted by Crippen LogP contribution is 2.22. The van der Waals surface area contributed by atoms with Gasteiger partial charge in [0.2, 0.25) is 0 Å². The number of rotatable bonds is 29. The van der Waals surface area contributed by atoms with Crippen LogP contribution in [-0.4, -0.2) is 228 Å². The molecule has 0 amide bonds. The van der Waals surface area contributed by atoms with Gasteiger partial charge in [-0.15, -0.1) is 0 Å². The third-order valence-electron chi connectivity index (χ3n) is 20.5. The number of piperazine rings is 1. The van der Waals surface area contributed by atoms with Gasteiger partial charge in [0.05, 0.1) is 33.5 Å². The number of hydrogen-bond acceptors (Lipinski definition) is 16. The van der Waals surface area contributed by atoms with Crippen LogP contribution in [0.15, 0.2) is 24.6 Å². The number of likely N-dealkylation sites (N-methyl/N-ethyl adjacent to an activating group) is 3. The number of esters is 1. The van der Waals surface area contributed by atoms with Crippen molar-refractivity contribution in [1.29, 1.82) is 0 Å². The lowest BCUT2D eigenvalue weighted by Gasteiger charge is -2.33. The van der Waals surface area contributed by atoms with Gasteiger partial charge >= 0.3 is 5.97 Å². The maximum absolute atomic E-state index is 11.0. The van der Waals surface area contributed by atoms with E-state index in [4.69, 9.17) is 14.2 Å². The van der Waals surface area contributed by atoms with Crippen LogP contribution in [0.3, 0.4) is 0 Å². The second kappa shape index (κ2) is 67.6. The number of morpholine rings is 1. The van der Waals surface area contributed by atoms with Crippen LogP contribution >= 0.6 is 0 Å². The van der Waals surface area contributed by atoms with E-state index in [-0.39, 0.29) is 35.7 Å². The lowest BCUT2D eigenvalue weighted by Crippen LogP contribution is -2.47. The van der Waals surface area contributed by atoms with Gasteiger partial charge in [0.1, 0.15) is 5.76 Å². The molecule has 9 aliphatic rings. The fraction of sp³-hybridized carbons (Fsp3) is 0.938. The Labute approximate surface area is 598 Å². The molecule has 9 fully saturated rings. The average Bonchev–Trinajstić information content (AvgIpc) is 3.59. The number of methoxy groups -OCH3 is 1. The van der Waals surface area contributed by atoms with Crippen molar-refractivity contribution < 1.29 is 19.0 Å². The van der Waals surface area contributed by atoms with Crippen molar-refractivity contribution in [1.82, 2.24) is 62.1 Å². The average molecular weight is 1360 g/mol. The third kappa shape index (κ3) is 54.8. The molecule has 574 valence electrons. The summed E-state index contributed by atoms with van der Waals surface area (Å²) in [4.78, 5) is 20.8. The summed E-state index contributed by atoms with van der Waals surface area (Å²) in [5.41, 5.74) is 1.08. The minimum absolute atomic E-state index is 0. The Morgan fingerprint density at radius 1 is 0.458 bits per heavy atom. The number of carbonyl (C=O) groups excluding carboxylic acids is 1. The molecule has 2 saturated heterocycles. The SMILES string of the molecule is C.C.C.C.C1CCC(NCCN2CCOCC2)CC1.C=C(CNC1CCCCC1)NC.C=C(CNC1CCCCC1)OC.CCCNC1CCCCC1.CCOC(=O)CCCNC1CCCCC1.CN(C)CCNC1CCCCC1.CN1CCN(CCNC2CCCCC2)CC1. The van der Waals surface area contributed by atoms with Crippen molar-refractivity contribution >= 4 is 5.97 Å². The highest BCUT2D eigenvalue weighted by atomic mass is 16.5. The van der Waals surface area contributed by atoms with Crippen molar-refractivity contribution in [3.63, 3.8) is 0 Å². The Kier molecular flexibility index (Phi) is 67.6. The van der Waals surface area contributed by atoms with Gasteiger partial charge in [0.25, 0.3) is 0 Å². The fourth-order valence-corrected chi connectivity index (χ4v) is 14.2. The molecule has 0 bridgehead atoms. The lowest BCUT2D eigenvalue weighted by atomic mass is 9.95. The van der Waals surface area contributed by atoms with Gasteiger partial charge in [0, 0.05) is 147 Å². The summed E-state index contributed by atoms with van der Waals surface area (Å²) in [6, 6.07) is 5.43. The van der Waals surface area contributed by atoms with E-state index < -0.39 is 0 Å². The number of carbonyl (C=O) groups is 1. The van der Waals surface area contributed by atoms with E-state index in [0.717, 1.165) is 114 Å². The molecule has 0 spiro atoms. The van der Waals surface area contributed by atoms with Crippen molar-refractivity contribution in [2.45, 2.75) is 330 Å². The van der Waals surface area contributed by atoms with Crippen LogP contribution in [0.1, 0.15) is 288 Å². The van der Waals surface area contributed by atoms with Gasteiger partial charge in [-0.05, 0) is 144 Å². The van der Waals surface area contributed by atoms with Crippen LogP contribution in [0.2, 0.25) is 0 Å². The van der Waals surface area contributed by atoms with E-state index >= 15 is 0 Å². The zero-order valence-electron chi connectivity index (χ0n) is 61.7. The zero-order valence-corrected chi connectivity index (χ0v) is 61.7. The van der Waals surface area contributed by atoms with E-state index in [1.807, 2.05) is 14.0 Å². The highest BCUT2D eigenvalue weighted by molar-refractivity contribution is 5.69. The molecule has 2 aliphatic heterocycles. The molecule has 8 N–H and O–H groups in total. The van der Waals surface area contributed by atoms with Gasteiger partial charge in [0.15, 0.2) is 0 Å². The summed E-state index contributed by atoms with van der Waals surface area (Å²) in [6.07, 6.45) is 51.6. The van der Waals surface area contributed by atoms with Gasteiger partial charge < -0.3 is 66.5 Å². The van der Waals surface area contributed by atoms with Crippen molar-refractivity contribution in [3.05, 3.63) is 24.6 Å². The number of ether oxygens (including phenoxy) is 3. The molecule has 2 heterocycles. The summed E-state index contributed by atoms with van der Waals surface area (Å²) in [5, 5.41) is 28.1. The van der Waals surface area contributed by atoms with Crippen molar-refractivity contribution in [2.24, 2.45) is 0 Å². The minimum atomic E-state index is -0.0667. The monoisotopic (exact) mass is 1360 g/mol. The van der Waals surface area contributed by atoms with Crippen LogP contribution in [-0.2, 0) is 19.0 Å². The lowest BCUT2D eigenvalue weighted by molar-refractivity contribution is -0.143. The molecular formula is C80H170N12O4. The van der Waals surface area contributed by atoms with E-state index in [1.54, 1.807) is 7.11 Å². The third-order valence-corrected chi connectivity index (χ3v) is 20.5. The Balaban J connectivity index is 0. The summed E-state index contributed by atoms with van der Waals surface area (Å²) >= 11 is 0. The largest absolute Gasteiger partial charge is 0.500 e. The van der Waals surface area contributed by atoms with Crippen molar-refractivity contribution in [2.75, 3.05) is 160 Å². The summed E-state index contributed by atoms with van der Waals surface area (Å²) in [6.45, 7) is 32.3. The Morgan fingerprint density at radius 3 is 1.14 bits per heavy atom. The van der Waals surface area contributed by atoms with E-state index in [0.29, 0.717) is 25.1 Å². The smallest absolute Gasteiger partial charge is 0.305 e. The molecule has 0 aromatic rings. The fourth-order valence-electron chi connectivity index (χ4n) is 14.2. The van der Waals surface area contributed by atoms with Crippen LogP contribution in [0.5, 0.6) is 0 Å². The molecule has 16 nitrogen and oxygen atoms in total. The molecule has 0 radical (unpaired) electrons. The van der Waals surface area contributed by atoms with Crippen LogP contribution in [0, 0.1) is 0 Å². The molecule has 0 atom stereocenters. The predicted molar refractivity (Wildman–Crippen MR) is 421 cm³/mol. The van der Waals surface area contributed by atoms with E-state index in [9.17, 15) is 4.79 Å². The second-order valence-corrected chi connectivity index (χ2v) is 28.8. The number of nitrogens with one attached hydrogen (secondary N) is 8. The molecule has 9 rings (SSSR count). The standard InChI is InChI=1S/C13H27N3.C12H24N2O.C12H23NO2.C10H22N2.C10H20N2.C10H19NO.C9H19N.4CH4/c1-15-9-11-16(12-10-15)8-7-14-13-5-3-2-4-6-13;1-2-4-12(5-3-1)13-6-7-14-8-10-15-11-9-14;1-2-15-12(14)9-6-10-13-11-7-4-3-5-8-11;1-12(2)9-8-11-10-6-4-3-5-7-10;1-9(11-2)8-12-10-6-4-3-5-7-10;1-9(12-2)8-11-10-6-4-3-5-7-10;1-2-8-10-9-6-4-3-5-7-9;;;;/h13-14H,2-12H2,1H3;12-13H,1-11H2;11,13H,2-10H2,1H3;10-11H,3-9H2,1-2H3;10-12H,1,3-8H2,2H3;10-11H,1,3-8H2,2H3;9-10H,2-8H2,1H3;4*1H4. The molecule has 7 aliphatic carbocycles. The normalized spacial score (nSPS) is 20.6. The zero-order chi connectivity index (χ0) is 66.2.